The smallest absolute Gasteiger partial charge is 0.335 e. The third kappa shape index (κ3) is 5.48. The predicted octanol–water partition coefficient (Wildman–Crippen LogP) is 3.26. The number of carboxylic acids is 1. The molecule has 0 saturated carbocycles. The number of hydrogen-bond donors (Lipinski definition) is 2. The number of aromatic nitrogens is 3. The van der Waals surface area contributed by atoms with Crippen molar-refractivity contribution in [3.63, 3.8) is 0 Å². The summed E-state index contributed by atoms with van der Waals surface area (Å²) < 4.78 is 7.66. The van der Waals surface area contributed by atoms with Crippen LogP contribution in [0.25, 0.3) is 0 Å². The lowest BCUT2D eigenvalue weighted by Crippen LogP contribution is -2.52. The van der Waals surface area contributed by atoms with Gasteiger partial charge >= 0.3 is 17.3 Å². The fraction of sp³-hybridized carbons (Fsp3) is 0.333. The largest absolute Gasteiger partial charge is 0.492 e. The number of hydrogen-bond acceptors (Lipinski definition) is 5. The highest BCUT2D eigenvalue weighted by molar-refractivity contribution is 6.32. The number of rotatable bonds is 8. The number of aromatic amines is 1. The molecule has 0 aliphatic rings. The summed E-state index contributed by atoms with van der Waals surface area (Å²) in [7, 11) is 0. The van der Waals surface area contributed by atoms with Crippen LogP contribution in [0, 0.1) is 12.8 Å². The van der Waals surface area contributed by atoms with Crippen LogP contribution in [0.1, 0.15) is 37.9 Å². The standard InChI is InChI=1S/C24H27ClN4O5/c1-5-34-20-11-10-18(12-19(20)25)26-22-27-23(32)29(16(4)15(3)21(30)31)24(33)28(22)13-17-8-6-14(2)7-9-17/h6-12,15-16H,5,13H2,1-4H3,(H,30,31)(H,26,27,32)/t15-,16+/m1/s1. The molecule has 1 aromatic heterocycles. The third-order valence-corrected chi connectivity index (χ3v) is 5.86. The second kappa shape index (κ2) is 10.6. The lowest BCUT2D eigenvalue weighted by molar-refractivity contribution is -0.142. The molecule has 0 aliphatic heterocycles. The van der Waals surface area contributed by atoms with Gasteiger partial charge in [-0.1, -0.05) is 41.4 Å². The number of H-pyrrole nitrogens is 1. The Morgan fingerprint density at radius 3 is 2.44 bits per heavy atom. The van der Waals surface area contributed by atoms with E-state index >= 15 is 0 Å². The van der Waals surface area contributed by atoms with Gasteiger partial charge in [0.2, 0.25) is 5.62 Å². The van der Waals surface area contributed by atoms with Gasteiger partial charge in [0, 0.05) is 0 Å². The number of aryl methyl sites for hydroxylation is 1. The normalized spacial score (nSPS) is 13.5. The first-order chi connectivity index (χ1) is 16.1. The zero-order chi connectivity index (χ0) is 25.0. The summed E-state index contributed by atoms with van der Waals surface area (Å²) in [5.74, 6) is -1.57. The third-order valence-electron chi connectivity index (χ3n) is 5.56. The Hall–Kier alpha value is -3.59. The molecule has 9 nitrogen and oxygen atoms in total. The van der Waals surface area contributed by atoms with Crippen molar-refractivity contribution >= 4 is 23.3 Å². The van der Waals surface area contributed by atoms with E-state index in [9.17, 15) is 19.5 Å². The van der Waals surface area contributed by atoms with Crippen LogP contribution in [0.2, 0.25) is 5.02 Å². The van der Waals surface area contributed by atoms with Gasteiger partial charge in [0.1, 0.15) is 5.75 Å². The van der Waals surface area contributed by atoms with Gasteiger partial charge in [-0.25, -0.2) is 19.1 Å². The van der Waals surface area contributed by atoms with Crippen LogP contribution in [0.15, 0.2) is 57.0 Å². The van der Waals surface area contributed by atoms with Crippen LogP contribution >= 0.6 is 11.6 Å². The van der Waals surface area contributed by atoms with Crippen molar-refractivity contribution in [3.8, 4) is 5.75 Å². The first-order valence-electron chi connectivity index (χ1n) is 10.8. The molecule has 0 saturated heterocycles. The van der Waals surface area contributed by atoms with Crippen LogP contribution in [0.5, 0.6) is 5.75 Å². The Kier molecular flexibility index (Phi) is 7.78. The summed E-state index contributed by atoms with van der Waals surface area (Å²) in [4.78, 5) is 44.9. The van der Waals surface area contributed by atoms with E-state index in [1.54, 1.807) is 18.2 Å². The zero-order valence-electron chi connectivity index (χ0n) is 19.4. The molecule has 0 spiro atoms. The highest BCUT2D eigenvalue weighted by Crippen LogP contribution is 2.28. The molecule has 2 aromatic carbocycles. The van der Waals surface area contributed by atoms with Crippen molar-refractivity contribution in [2.45, 2.75) is 40.3 Å². The summed E-state index contributed by atoms with van der Waals surface area (Å²) in [5.41, 5.74) is 0.882. The number of aliphatic carboxylic acids is 1. The summed E-state index contributed by atoms with van der Waals surface area (Å²) in [6, 6.07) is 11.6. The Morgan fingerprint density at radius 2 is 1.85 bits per heavy atom. The van der Waals surface area contributed by atoms with Crippen LogP contribution in [-0.2, 0) is 11.3 Å². The number of nitrogens with one attached hydrogen (secondary N) is 1. The van der Waals surface area contributed by atoms with Crippen LogP contribution in [-0.4, -0.2) is 31.8 Å². The van der Waals surface area contributed by atoms with E-state index in [2.05, 4.69) is 9.98 Å². The van der Waals surface area contributed by atoms with E-state index in [-0.39, 0.29) is 12.2 Å². The van der Waals surface area contributed by atoms with E-state index < -0.39 is 29.3 Å². The molecule has 0 aliphatic carbocycles. The van der Waals surface area contributed by atoms with Crippen molar-refractivity contribution in [1.82, 2.24) is 14.1 Å². The van der Waals surface area contributed by atoms with Crippen LogP contribution < -0.4 is 21.7 Å². The van der Waals surface area contributed by atoms with E-state index in [1.807, 2.05) is 38.1 Å². The minimum atomic E-state index is -1.11. The topological polar surface area (TPSA) is 119 Å². The van der Waals surface area contributed by atoms with E-state index in [0.29, 0.717) is 23.1 Å². The van der Waals surface area contributed by atoms with Crippen molar-refractivity contribution in [2.75, 3.05) is 6.61 Å². The first kappa shape index (κ1) is 25.0. The quantitative estimate of drug-likeness (QED) is 0.506. The Morgan fingerprint density at radius 1 is 1.18 bits per heavy atom. The maximum absolute atomic E-state index is 13.5. The number of benzene rings is 2. The summed E-state index contributed by atoms with van der Waals surface area (Å²) in [6.45, 7) is 7.33. The molecular weight excluding hydrogens is 460 g/mol. The molecule has 0 fully saturated rings. The highest BCUT2D eigenvalue weighted by Gasteiger charge is 2.25. The molecule has 180 valence electrons. The van der Waals surface area contributed by atoms with Crippen molar-refractivity contribution < 1.29 is 14.6 Å². The van der Waals surface area contributed by atoms with Crippen LogP contribution in [0.4, 0.5) is 5.69 Å². The predicted molar refractivity (Wildman–Crippen MR) is 129 cm³/mol. The van der Waals surface area contributed by atoms with Gasteiger partial charge in [0.05, 0.1) is 35.8 Å². The van der Waals surface area contributed by atoms with Gasteiger partial charge in [-0.3, -0.25) is 14.3 Å². The number of nitrogens with zero attached hydrogens (tertiary/aromatic N) is 3. The van der Waals surface area contributed by atoms with E-state index in [1.165, 1.54) is 18.4 Å². The maximum Gasteiger partial charge on any atom is 0.335 e. The van der Waals surface area contributed by atoms with Crippen molar-refractivity contribution in [3.05, 3.63) is 85.2 Å². The zero-order valence-corrected chi connectivity index (χ0v) is 20.2. The SMILES string of the molecule is CCOc1ccc(/N=c2\[nH]c(=O)n([C@@H](C)[C@@H](C)C(=O)O)c(=O)n2Cc2ccc(C)cc2)cc1Cl. The minimum absolute atomic E-state index is 0.0160. The lowest BCUT2D eigenvalue weighted by Gasteiger charge is -2.19. The summed E-state index contributed by atoms with van der Waals surface area (Å²) >= 11 is 6.27. The molecule has 10 heteroatoms. The van der Waals surface area contributed by atoms with Gasteiger partial charge in [0.25, 0.3) is 0 Å². The van der Waals surface area contributed by atoms with Gasteiger partial charge < -0.3 is 9.84 Å². The lowest BCUT2D eigenvalue weighted by atomic mass is 10.0. The number of ether oxygens (including phenoxy) is 1. The average molecular weight is 487 g/mol. The molecule has 3 aromatic rings. The molecular formula is C24H27ClN4O5. The molecule has 3 rings (SSSR count). The summed E-state index contributed by atoms with van der Waals surface area (Å²) in [5, 5.41) is 9.73. The molecule has 0 radical (unpaired) electrons. The van der Waals surface area contributed by atoms with Gasteiger partial charge in [-0.15, -0.1) is 0 Å². The average Bonchev–Trinajstić information content (AvgIpc) is 2.78. The van der Waals surface area contributed by atoms with Gasteiger partial charge in [0.15, 0.2) is 0 Å². The van der Waals surface area contributed by atoms with Crippen molar-refractivity contribution in [2.24, 2.45) is 10.9 Å². The second-order valence-corrected chi connectivity index (χ2v) is 8.41. The Bertz CT molecular complexity index is 1370. The second-order valence-electron chi connectivity index (χ2n) is 8.01. The number of carboxylic acid groups (broad SMARTS) is 1. The molecule has 0 bridgehead atoms. The molecule has 2 atom stereocenters. The van der Waals surface area contributed by atoms with Gasteiger partial charge in [-0.05, 0) is 51.5 Å². The minimum Gasteiger partial charge on any atom is -0.492 e. The monoisotopic (exact) mass is 486 g/mol. The van der Waals surface area contributed by atoms with E-state index in [0.717, 1.165) is 15.7 Å². The molecule has 34 heavy (non-hydrogen) atoms. The van der Waals surface area contributed by atoms with Crippen molar-refractivity contribution in [1.29, 1.82) is 0 Å². The molecule has 0 amide bonds. The molecule has 2 N–H and O–H groups in total. The number of halogens is 1. The Balaban J connectivity index is 2.22. The first-order valence-corrected chi connectivity index (χ1v) is 11.2. The fourth-order valence-corrected chi connectivity index (χ4v) is 3.61. The summed E-state index contributed by atoms with van der Waals surface area (Å²) in [6.07, 6.45) is 0. The molecule has 1 heterocycles. The molecule has 0 unspecified atom stereocenters. The Labute approximate surface area is 200 Å². The fourth-order valence-electron chi connectivity index (χ4n) is 3.38. The number of carbonyl (C=O) groups is 1. The maximum atomic E-state index is 13.5. The van der Waals surface area contributed by atoms with Crippen LogP contribution in [0.3, 0.4) is 0 Å². The van der Waals surface area contributed by atoms with E-state index in [4.69, 9.17) is 16.3 Å². The van der Waals surface area contributed by atoms with Gasteiger partial charge in [-0.2, -0.15) is 0 Å². The highest BCUT2D eigenvalue weighted by atomic mass is 35.5.